The maximum Gasteiger partial charge on any atom is 0.303 e. The van der Waals surface area contributed by atoms with Gasteiger partial charge in [-0.3, -0.25) is 9.59 Å². The SMILES string of the molecule is CC1CN(S(=O)(=O)c2cccc(C(=O)N(C)CCCC(=O)O)c2)CC(C)O1. The Morgan fingerprint density at radius 1 is 1.26 bits per heavy atom. The summed E-state index contributed by atoms with van der Waals surface area (Å²) in [7, 11) is -2.17. The zero-order chi connectivity index (χ0) is 20.2. The van der Waals surface area contributed by atoms with Crippen molar-refractivity contribution in [2.45, 2.75) is 43.8 Å². The quantitative estimate of drug-likeness (QED) is 0.745. The zero-order valence-corrected chi connectivity index (χ0v) is 16.6. The van der Waals surface area contributed by atoms with Crippen LogP contribution in [-0.4, -0.2) is 73.5 Å². The van der Waals surface area contributed by atoms with Gasteiger partial charge in [-0.25, -0.2) is 8.42 Å². The number of morpholine rings is 1. The van der Waals surface area contributed by atoms with Gasteiger partial charge in [0.25, 0.3) is 5.91 Å². The highest BCUT2D eigenvalue weighted by Crippen LogP contribution is 2.22. The van der Waals surface area contributed by atoms with E-state index in [1.54, 1.807) is 19.2 Å². The van der Waals surface area contributed by atoms with Gasteiger partial charge >= 0.3 is 5.97 Å². The summed E-state index contributed by atoms with van der Waals surface area (Å²) in [6.07, 6.45) is -0.0964. The van der Waals surface area contributed by atoms with Crippen LogP contribution in [0.5, 0.6) is 0 Å². The lowest BCUT2D eigenvalue weighted by molar-refractivity contribution is -0.137. The van der Waals surface area contributed by atoms with Crippen LogP contribution in [0.3, 0.4) is 0 Å². The molecule has 2 unspecified atom stereocenters. The highest BCUT2D eigenvalue weighted by atomic mass is 32.2. The predicted molar refractivity (Wildman–Crippen MR) is 99.0 cm³/mol. The van der Waals surface area contributed by atoms with Gasteiger partial charge < -0.3 is 14.7 Å². The number of amides is 1. The molecule has 1 aromatic carbocycles. The third kappa shape index (κ3) is 5.50. The van der Waals surface area contributed by atoms with Crippen molar-refractivity contribution >= 4 is 21.9 Å². The third-order valence-corrected chi connectivity index (χ3v) is 6.16. The van der Waals surface area contributed by atoms with Crippen LogP contribution < -0.4 is 0 Å². The van der Waals surface area contributed by atoms with E-state index in [2.05, 4.69) is 0 Å². The molecule has 27 heavy (non-hydrogen) atoms. The van der Waals surface area contributed by atoms with Crippen molar-refractivity contribution in [3.63, 3.8) is 0 Å². The standard InChI is InChI=1S/C18H26N2O6S/c1-13-11-20(12-14(2)26-13)27(24,25)16-7-4-6-15(10-16)18(23)19(3)9-5-8-17(21)22/h4,6-7,10,13-14H,5,8-9,11-12H2,1-3H3,(H,21,22). The number of carbonyl (C=O) groups is 2. The van der Waals surface area contributed by atoms with Crippen LogP contribution in [0.15, 0.2) is 29.2 Å². The second-order valence-electron chi connectivity index (χ2n) is 6.83. The van der Waals surface area contributed by atoms with Gasteiger partial charge in [0, 0.05) is 38.7 Å². The van der Waals surface area contributed by atoms with Gasteiger partial charge in [0.05, 0.1) is 17.1 Å². The molecule has 1 aliphatic rings. The second-order valence-corrected chi connectivity index (χ2v) is 8.77. The summed E-state index contributed by atoms with van der Waals surface area (Å²) in [6, 6.07) is 5.94. The smallest absolute Gasteiger partial charge is 0.303 e. The summed E-state index contributed by atoms with van der Waals surface area (Å²) < 4.78 is 32.9. The number of carboxylic acid groups (broad SMARTS) is 1. The normalized spacial score (nSPS) is 21.0. The number of carbonyl (C=O) groups excluding carboxylic acids is 1. The van der Waals surface area contributed by atoms with Gasteiger partial charge in [-0.2, -0.15) is 4.31 Å². The Kier molecular flexibility index (Phi) is 6.96. The average molecular weight is 398 g/mol. The molecular weight excluding hydrogens is 372 g/mol. The highest BCUT2D eigenvalue weighted by molar-refractivity contribution is 7.89. The number of aliphatic carboxylic acids is 1. The van der Waals surface area contributed by atoms with Crippen LogP contribution in [0.2, 0.25) is 0 Å². The largest absolute Gasteiger partial charge is 0.481 e. The van der Waals surface area contributed by atoms with Crippen LogP contribution >= 0.6 is 0 Å². The number of rotatable bonds is 7. The first kappa shape index (κ1) is 21.3. The fourth-order valence-corrected chi connectivity index (χ4v) is 4.69. The first-order chi connectivity index (χ1) is 12.6. The topological polar surface area (TPSA) is 104 Å². The summed E-state index contributed by atoms with van der Waals surface area (Å²) in [5, 5.41) is 8.69. The van der Waals surface area contributed by atoms with Crippen molar-refractivity contribution in [1.29, 1.82) is 0 Å². The Morgan fingerprint density at radius 3 is 2.48 bits per heavy atom. The third-order valence-electron chi connectivity index (χ3n) is 4.34. The van der Waals surface area contributed by atoms with Crippen LogP contribution in [0, 0.1) is 0 Å². The van der Waals surface area contributed by atoms with Crippen molar-refractivity contribution in [2.24, 2.45) is 0 Å². The minimum atomic E-state index is -3.73. The molecule has 2 atom stereocenters. The zero-order valence-electron chi connectivity index (χ0n) is 15.8. The van der Waals surface area contributed by atoms with Crippen molar-refractivity contribution in [3.05, 3.63) is 29.8 Å². The predicted octanol–water partition coefficient (Wildman–Crippen LogP) is 1.42. The fourth-order valence-electron chi connectivity index (χ4n) is 3.06. The van der Waals surface area contributed by atoms with Gasteiger partial charge in [0.2, 0.25) is 10.0 Å². The molecule has 1 N–H and O–H groups in total. The molecule has 0 bridgehead atoms. The van der Waals surface area contributed by atoms with E-state index in [-0.39, 0.29) is 54.6 Å². The van der Waals surface area contributed by atoms with Crippen molar-refractivity contribution < 1.29 is 27.9 Å². The number of sulfonamides is 1. The molecule has 1 amide bonds. The van der Waals surface area contributed by atoms with E-state index >= 15 is 0 Å². The Bertz CT molecular complexity index is 785. The van der Waals surface area contributed by atoms with Crippen molar-refractivity contribution in [1.82, 2.24) is 9.21 Å². The van der Waals surface area contributed by atoms with E-state index < -0.39 is 16.0 Å². The molecule has 1 saturated heterocycles. The van der Waals surface area contributed by atoms with Gasteiger partial charge in [0.1, 0.15) is 0 Å². The Morgan fingerprint density at radius 2 is 1.89 bits per heavy atom. The molecule has 0 aromatic heterocycles. The number of ether oxygens (including phenoxy) is 1. The molecule has 1 aromatic rings. The average Bonchev–Trinajstić information content (AvgIpc) is 2.60. The van der Waals surface area contributed by atoms with E-state index in [0.717, 1.165) is 0 Å². The summed E-state index contributed by atoms with van der Waals surface area (Å²) in [6.45, 7) is 4.45. The molecule has 0 spiro atoms. The van der Waals surface area contributed by atoms with Crippen molar-refractivity contribution in [3.8, 4) is 0 Å². The summed E-state index contributed by atoms with van der Waals surface area (Å²) >= 11 is 0. The first-order valence-corrected chi connectivity index (χ1v) is 10.3. The minimum Gasteiger partial charge on any atom is -0.481 e. The van der Waals surface area contributed by atoms with Gasteiger partial charge in [-0.1, -0.05) is 6.07 Å². The Balaban J connectivity index is 2.16. The number of hydrogen-bond acceptors (Lipinski definition) is 5. The van der Waals surface area contributed by atoms with Crippen molar-refractivity contribution in [2.75, 3.05) is 26.7 Å². The van der Waals surface area contributed by atoms with Crippen LogP contribution in [-0.2, 0) is 19.6 Å². The monoisotopic (exact) mass is 398 g/mol. The van der Waals surface area contributed by atoms with Crippen LogP contribution in [0.4, 0.5) is 0 Å². The lowest BCUT2D eigenvalue weighted by atomic mass is 10.2. The van der Waals surface area contributed by atoms with Gasteiger partial charge in [-0.15, -0.1) is 0 Å². The van der Waals surface area contributed by atoms with Crippen LogP contribution in [0.1, 0.15) is 37.0 Å². The summed E-state index contributed by atoms with van der Waals surface area (Å²) in [5.74, 6) is -1.26. The van der Waals surface area contributed by atoms with E-state index in [9.17, 15) is 18.0 Å². The second kappa shape index (κ2) is 8.81. The lowest BCUT2D eigenvalue weighted by Gasteiger charge is -2.34. The van der Waals surface area contributed by atoms with E-state index in [1.807, 2.05) is 13.8 Å². The van der Waals surface area contributed by atoms with Crippen LogP contribution in [0.25, 0.3) is 0 Å². The maximum absolute atomic E-state index is 13.0. The molecule has 1 fully saturated rings. The highest BCUT2D eigenvalue weighted by Gasteiger charge is 2.32. The Labute approximate surface area is 159 Å². The molecule has 0 saturated carbocycles. The fraction of sp³-hybridized carbons (Fsp3) is 0.556. The molecule has 1 aliphatic heterocycles. The Hall–Kier alpha value is -1.97. The number of nitrogens with zero attached hydrogens (tertiary/aromatic N) is 2. The molecule has 0 aliphatic carbocycles. The molecule has 9 heteroatoms. The molecular formula is C18H26N2O6S. The van der Waals surface area contributed by atoms with E-state index in [4.69, 9.17) is 9.84 Å². The van der Waals surface area contributed by atoms with E-state index in [1.165, 1.54) is 21.3 Å². The molecule has 2 rings (SSSR count). The number of carboxylic acids is 1. The van der Waals surface area contributed by atoms with Gasteiger partial charge in [-0.05, 0) is 38.5 Å². The van der Waals surface area contributed by atoms with Gasteiger partial charge in [0.15, 0.2) is 0 Å². The summed E-state index contributed by atoms with van der Waals surface area (Å²) in [4.78, 5) is 24.6. The molecule has 8 nitrogen and oxygen atoms in total. The lowest BCUT2D eigenvalue weighted by Crippen LogP contribution is -2.48. The summed E-state index contributed by atoms with van der Waals surface area (Å²) in [5.41, 5.74) is 0.253. The maximum atomic E-state index is 13.0. The minimum absolute atomic E-state index is 0.0283. The first-order valence-electron chi connectivity index (χ1n) is 8.84. The molecule has 1 heterocycles. The number of hydrogen-bond donors (Lipinski definition) is 1. The molecule has 0 radical (unpaired) electrons. The molecule has 150 valence electrons. The number of benzene rings is 1. The van der Waals surface area contributed by atoms with E-state index in [0.29, 0.717) is 6.42 Å².